The molecule has 5 nitrogen and oxygen atoms in total. The van der Waals surface area contributed by atoms with Crippen LogP contribution < -0.4 is 5.32 Å². The predicted molar refractivity (Wildman–Crippen MR) is 102 cm³/mol. The number of hydrogen-bond acceptors (Lipinski definition) is 4. The van der Waals surface area contributed by atoms with E-state index in [2.05, 4.69) is 5.32 Å². The summed E-state index contributed by atoms with van der Waals surface area (Å²) in [5.74, 6) is -0.382. The molecule has 136 valence electrons. The molecule has 0 saturated carbocycles. The number of hydrogen-bond donors (Lipinski definition) is 1. The van der Waals surface area contributed by atoms with Crippen molar-refractivity contribution in [2.75, 3.05) is 26.9 Å². The minimum absolute atomic E-state index is 0.382. The molecule has 1 aromatic rings. The van der Waals surface area contributed by atoms with E-state index >= 15 is 0 Å². The topological polar surface area (TPSA) is 50.8 Å². The van der Waals surface area contributed by atoms with Gasteiger partial charge in [-0.1, -0.05) is 23.7 Å². The minimum atomic E-state index is -0.387. The van der Waals surface area contributed by atoms with E-state index in [0.29, 0.717) is 35.5 Å². The lowest BCUT2D eigenvalue weighted by Crippen LogP contribution is -2.48. The quantitative estimate of drug-likeness (QED) is 0.443. The zero-order valence-corrected chi connectivity index (χ0v) is 16.2. The molecule has 0 bridgehead atoms. The second-order valence-electron chi connectivity index (χ2n) is 5.63. The molecule has 7 heteroatoms. The van der Waals surface area contributed by atoms with E-state index in [0.717, 1.165) is 17.7 Å². The van der Waals surface area contributed by atoms with E-state index in [4.69, 9.17) is 33.3 Å². The van der Waals surface area contributed by atoms with Crippen LogP contribution in [0.15, 0.2) is 35.5 Å². The normalized spacial score (nSPS) is 17.5. The Hall–Kier alpha value is -1.63. The van der Waals surface area contributed by atoms with Crippen molar-refractivity contribution in [1.82, 2.24) is 10.2 Å². The molecule has 0 aliphatic carbocycles. The Balaban J connectivity index is 2.34. The molecule has 1 aromatic carbocycles. The van der Waals surface area contributed by atoms with Crippen LogP contribution in [0.3, 0.4) is 0 Å². The maximum absolute atomic E-state index is 12.4. The summed E-state index contributed by atoms with van der Waals surface area (Å²) in [6.45, 7) is 5.84. The Morgan fingerprint density at radius 3 is 2.84 bits per heavy atom. The molecule has 1 atom stereocenters. The summed E-state index contributed by atoms with van der Waals surface area (Å²) < 4.78 is 10.4. The van der Waals surface area contributed by atoms with Gasteiger partial charge in [-0.05, 0) is 50.2 Å². The van der Waals surface area contributed by atoms with E-state index in [1.807, 2.05) is 36.9 Å². The number of nitrogens with zero attached hydrogens (tertiary/aromatic N) is 1. The van der Waals surface area contributed by atoms with Gasteiger partial charge in [0.05, 0.1) is 18.7 Å². The monoisotopic (exact) mass is 382 g/mol. The maximum Gasteiger partial charge on any atom is 0.337 e. The number of rotatable bonds is 7. The first-order valence-corrected chi connectivity index (χ1v) is 8.98. The van der Waals surface area contributed by atoms with Gasteiger partial charge in [0, 0.05) is 30.5 Å². The lowest BCUT2D eigenvalue weighted by atomic mass is 9.95. The van der Waals surface area contributed by atoms with E-state index in [-0.39, 0.29) is 12.0 Å². The Morgan fingerprint density at radius 1 is 1.44 bits per heavy atom. The van der Waals surface area contributed by atoms with Gasteiger partial charge in [-0.2, -0.15) is 0 Å². The van der Waals surface area contributed by atoms with Gasteiger partial charge in [0.2, 0.25) is 0 Å². The molecule has 1 heterocycles. The van der Waals surface area contributed by atoms with Gasteiger partial charge in [0.15, 0.2) is 5.11 Å². The third kappa shape index (κ3) is 4.71. The van der Waals surface area contributed by atoms with Crippen molar-refractivity contribution in [1.29, 1.82) is 0 Å². The molecule has 1 aliphatic rings. The Morgan fingerprint density at radius 2 is 2.20 bits per heavy atom. The number of allylic oxidation sites excluding steroid dienone is 1. The summed E-state index contributed by atoms with van der Waals surface area (Å²) in [5.41, 5.74) is 2.19. The van der Waals surface area contributed by atoms with Crippen LogP contribution in [0.4, 0.5) is 0 Å². The first-order valence-electron chi connectivity index (χ1n) is 8.19. The van der Waals surface area contributed by atoms with Gasteiger partial charge >= 0.3 is 5.97 Å². The zero-order chi connectivity index (χ0) is 18.4. The van der Waals surface area contributed by atoms with Crippen LogP contribution in [0.5, 0.6) is 0 Å². The third-order valence-electron chi connectivity index (χ3n) is 4.06. The standard InChI is InChI=1S/C18H23ClN2O3S/c1-4-24-10-6-9-21-12(2)15(17(22)23-3)16(20-18(21)25)13-7-5-8-14(19)11-13/h5,7-8,11,16H,4,6,9-10H2,1-3H3,(H,20,25). The van der Waals surface area contributed by atoms with E-state index < -0.39 is 0 Å². The molecule has 25 heavy (non-hydrogen) atoms. The molecule has 0 saturated heterocycles. The highest BCUT2D eigenvalue weighted by Crippen LogP contribution is 2.32. The number of thiocarbonyl (C=S) groups is 1. The molecule has 2 rings (SSSR count). The molecular formula is C18H23ClN2O3S. The SMILES string of the molecule is CCOCCCN1C(=S)NC(c2cccc(Cl)c2)C(C(=O)OC)=C1C. The van der Waals surface area contributed by atoms with E-state index in [1.54, 1.807) is 6.07 Å². The van der Waals surface area contributed by atoms with Gasteiger partial charge in [0.1, 0.15) is 0 Å². The molecule has 1 aliphatic heterocycles. The summed E-state index contributed by atoms with van der Waals surface area (Å²) in [6, 6.07) is 6.99. The van der Waals surface area contributed by atoms with Gasteiger partial charge in [0.25, 0.3) is 0 Å². The van der Waals surface area contributed by atoms with Gasteiger partial charge in [-0.3, -0.25) is 0 Å². The van der Waals surface area contributed by atoms with Crippen molar-refractivity contribution in [2.45, 2.75) is 26.3 Å². The number of halogens is 1. The molecule has 0 amide bonds. The zero-order valence-electron chi connectivity index (χ0n) is 14.7. The summed E-state index contributed by atoms with van der Waals surface area (Å²) in [6.07, 6.45) is 0.809. The summed E-state index contributed by atoms with van der Waals surface area (Å²) >= 11 is 11.6. The van der Waals surface area contributed by atoms with Crippen LogP contribution >= 0.6 is 23.8 Å². The fourth-order valence-corrected chi connectivity index (χ4v) is 3.37. The highest BCUT2D eigenvalue weighted by Gasteiger charge is 2.34. The van der Waals surface area contributed by atoms with Crippen molar-refractivity contribution in [3.63, 3.8) is 0 Å². The van der Waals surface area contributed by atoms with Crippen molar-refractivity contribution >= 4 is 34.9 Å². The Bertz CT molecular complexity index is 678. The summed E-state index contributed by atoms with van der Waals surface area (Å²) in [7, 11) is 1.38. The largest absolute Gasteiger partial charge is 0.466 e. The van der Waals surface area contributed by atoms with Crippen LogP contribution in [-0.2, 0) is 14.3 Å². The summed E-state index contributed by atoms with van der Waals surface area (Å²) in [5, 5.41) is 4.42. The predicted octanol–water partition coefficient (Wildman–Crippen LogP) is 3.44. The van der Waals surface area contributed by atoms with Crippen molar-refractivity contribution in [2.24, 2.45) is 0 Å². The second-order valence-corrected chi connectivity index (χ2v) is 6.45. The lowest BCUT2D eigenvalue weighted by molar-refractivity contribution is -0.136. The minimum Gasteiger partial charge on any atom is -0.466 e. The smallest absolute Gasteiger partial charge is 0.337 e. The first kappa shape index (κ1) is 19.7. The van der Waals surface area contributed by atoms with Crippen molar-refractivity contribution in [3.05, 3.63) is 46.1 Å². The Kier molecular flexibility index (Phi) is 7.23. The highest BCUT2D eigenvalue weighted by molar-refractivity contribution is 7.80. The van der Waals surface area contributed by atoms with Crippen LogP contribution in [-0.4, -0.2) is 42.8 Å². The highest BCUT2D eigenvalue weighted by atomic mass is 35.5. The average Bonchev–Trinajstić information content (AvgIpc) is 2.60. The lowest BCUT2D eigenvalue weighted by Gasteiger charge is -2.37. The number of nitrogens with one attached hydrogen (secondary N) is 1. The molecule has 1 N–H and O–H groups in total. The van der Waals surface area contributed by atoms with Crippen LogP contribution in [0.1, 0.15) is 31.9 Å². The van der Waals surface area contributed by atoms with Crippen LogP contribution in [0.2, 0.25) is 5.02 Å². The van der Waals surface area contributed by atoms with Crippen molar-refractivity contribution < 1.29 is 14.3 Å². The number of ether oxygens (including phenoxy) is 2. The fraction of sp³-hybridized carbons (Fsp3) is 0.444. The Labute approximate surface area is 158 Å². The molecular weight excluding hydrogens is 360 g/mol. The van der Waals surface area contributed by atoms with Crippen molar-refractivity contribution in [3.8, 4) is 0 Å². The fourth-order valence-electron chi connectivity index (χ4n) is 2.83. The van der Waals surface area contributed by atoms with Gasteiger partial charge in [-0.15, -0.1) is 0 Å². The summed E-state index contributed by atoms with van der Waals surface area (Å²) in [4.78, 5) is 14.3. The second kappa shape index (κ2) is 9.17. The molecule has 1 unspecified atom stereocenters. The maximum atomic E-state index is 12.4. The van der Waals surface area contributed by atoms with Crippen LogP contribution in [0.25, 0.3) is 0 Å². The number of methoxy groups -OCH3 is 1. The number of esters is 1. The molecule has 0 spiro atoms. The first-order chi connectivity index (χ1) is 12.0. The number of carbonyl (C=O) groups excluding carboxylic acids is 1. The number of benzene rings is 1. The molecule has 0 aromatic heterocycles. The van der Waals surface area contributed by atoms with Gasteiger partial charge < -0.3 is 19.7 Å². The molecule has 0 fully saturated rings. The van der Waals surface area contributed by atoms with Gasteiger partial charge in [-0.25, -0.2) is 4.79 Å². The molecule has 0 radical (unpaired) electrons. The average molecular weight is 383 g/mol. The third-order valence-corrected chi connectivity index (χ3v) is 4.63. The van der Waals surface area contributed by atoms with Crippen LogP contribution in [0, 0.1) is 0 Å². The number of carbonyl (C=O) groups is 1. The van der Waals surface area contributed by atoms with E-state index in [1.165, 1.54) is 7.11 Å². The van der Waals surface area contributed by atoms with E-state index in [9.17, 15) is 4.79 Å².